The summed E-state index contributed by atoms with van der Waals surface area (Å²) in [4.78, 5) is 2.06. The highest BCUT2D eigenvalue weighted by Crippen LogP contribution is 2.45. The van der Waals surface area contributed by atoms with Gasteiger partial charge in [0.1, 0.15) is 17.2 Å². The van der Waals surface area contributed by atoms with Gasteiger partial charge in [0.05, 0.1) is 11.4 Å². The molecule has 174 valence electrons. The van der Waals surface area contributed by atoms with E-state index in [2.05, 4.69) is 4.90 Å². The predicted octanol–water partition coefficient (Wildman–Crippen LogP) is 7.61. The predicted molar refractivity (Wildman–Crippen MR) is 136 cm³/mol. The van der Waals surface area contributed by atoms with Gasteiger partial charge in [0, 0.05) is 16.8 Å². The molecule has 0 aliphatic rings. The Kier molecular flexibility index (Phi) is 6.12. The summed E-state index contributed by atoms with van der Waals surface area (Å²) in [7, 11) is 0. The molecule has 3 N–H and O–H groups in total. The van der Waals surface area contributed by atoms with E-state index in [4.69, 9.17) is 4.74 Å². The number of anilines is 3. The Labute approximate surface area is 200 Å². The first-order valence-electron chi connectivity index (χ1n) is 11.1. The molecule has 0 saturated carbocycles. The normalized spacial score (nSPS) is 10.9. The van der Waals surface area contributed by atoms with Crippen molar-refractivity contribution in [2.75, 3.05) is 4.90 Å². The maximum absolute atomic E-state index is 10.5. The molecule has 0 fully saturated rings. The molecular weight excluding hydrogens is 426 g/mol. The van der Waals surface area contributed by atoms with Gasteiger partial charge in [0.25, 0.3) is 0 Å². The Morgan fingerprint density at radius 3 is 1.62 bits per heavy atom. The minimum absolute atomic E-state index is 0.0859. The van der Waals surface area contributed by atoms with E-state index in [1.54, 1.807) is 24.3 Å². The van der Waals surface area contributed by atoms with Gasteiger partial charge in [-0.15, -0.1) is 0 Å². The van der Waals surface area contributed by atoms with Crippen LogP contribution in [0.5, 0.6) is 28.7 Å². The summed E-state index contributed by atoms with van der Waals surface area (Å²) < 4.78 is 5.89. The van der Waals surface area contributed by atoms with Gasteiger partial charge < -0.3 is 25.0 Å². The van der Waals surface area contributed by atoms with Gasteiger partial charge in [-0.05, 0) is 99.8 Å². The molecule has 0 aromatic heterocycles. The Morgan fingerprint density at radius 1 is 0.588 bits per heavy atom. The number of benzene rings is 4. The number of aryl methyl sites for hydroxylation is 3. The van der Waals surface area contributed by atoms with Crippen LogP contribution in [0, 0.1) is 34.6 Å². The monoisotopic (exact) mass is 455 g/mol. The van der Waals surface area contributed by atoms with Crippen LogP contribution >= 0.6 is 0 Å². The molecule has 34 heavy (non-hydrogen) atoms. The van der Waals surface area contributed by atoms with Crippen molar-refractivity contribution >= 4 is 17.1 Å². The van der Waals surface area contributed by atoms with Gasteiger partial charge in [0.2, 0.25) is 0 Å². The van der Waals surface area contributed by atoms with Crippen LogP contribution < -0.4 is 9.64 Å². The van der Waals surface area contributed by atoms with Crippen molar-refractivity contribution in [2.24, 2.45) is 0 Å². The number of phenolic OH excluding ortho intramolecular Hbond substituents is 3. The average Bonchev–Trinajstić information content (AvgIpc) is 2.80. The zero-order valence-corrected chi connectivity index (χ0v) is 20.0. The largest absolute Gasteiger partial charge is 0.508 e. The maximum atomic E-state index is 10.5. The number of nitrogens with zero attached hydrogens (tertiary/aromatic N) is 1. The zero-order valence-electron chi connectivity index (χ0n) is 20.0. The highest BCUT2D eigenvalue weighted by atomic mass is 16.5. The van der Waals surface area contributed by atoms with Crippen molar-refractivity contribution in [3.05, 3.63) is 94.5 Å². The third-order valence-corrected chi connectivity index (χ3v) is 6.09. The van der Waals surface area contributed by atoms with E-state index in [1.807, 2.05) is 77.1 Å². The molecule has 0 aliphatic heterocycles. The summed E-state index contributed by atoms with van der Waals surface area (Å²) >= 11 is 0. The lowest BCUT2D eigenvalue weighted by molar-refractivity contribution is 0.411. The summed E-state index contributed by atoms with van der Waals surface area (Å²) in [6.45, 7) is 9.68. The second-order valence-electron chi connectivity index (χ2n) is 8.65. The summed E-state index contributed by atoms with van der Waals surface area (Å²) in [5.74, 6) is 1.46. The molecule has 5 nitrogen and oxygen atoms in total. The van der Waals surface area contributed by atoms with Gasteiger partial charge in [-0.1, -0.05) is 18.2 Å². The summed E-state index contributed by atoms with van der Waals surface area (Å²) in [6, 6.07) is 20.0. The number of hydrogen-bond acceptors (Lipinski definition) is 5. The first-order valence-corrected chi connectivity index (χ1v) is 11.1. The minimum Gasteiger partial charge on any atom is -0.508 e. The van der Waals surface area contributed by atoms with E-state index in [1.165, 1.54) is 0 Å². The van der Waals surface area contributed by atoms with E-state index < -0.39 is 0 Å². The molecule has 4 rings (SSSR count). The number of aromatic hydroxyl groups is 3. The van der Waals surface area contributed by atoms with Gasteiger partial charge in [-0.3, -0.25) is 0 Å². The van der Waals surface area contributed by atoms with E-state index >= 15 is 0 Å². The van der Waals surface area contributed by atoms with Crippen LogP contribution in [0.3, 0.4) is 0 Å². The Hall–Kier alpha value is -4.12. The van der Waals surface area contributed by atoms with Crippen molar-refractivity contribution in [1.82, 2.24) is 0 Å². The van der Waals surface area contributed by atoms with E-state index in [0.29, 0.717) is 11.5 Å². The molecule has 4 aromatic carbocycles. The second kappa shape index (κ2) is 9.02. The second-order valence-corrected chi connectivity index (χ2v) is 8.65. The first-order chi connectivity index (χ1) is 16.2. The van der Waals surface area contributed by atoms with Gasteiger partial charge >= 0.3 is 0 Å². The molecule has 5 heteroatoms. The quantitative estimate of drug-likeness (QED) is 0.289. The highest BCUT2D eigenvalue weighted by Gasteiger charge is 2.23. The third-order valence-electron chi connectivity index (χ3n) is 6.09. The molecule has 0 spiro atoms. The molecule has 0 heterocycles. The average molecular weight is 456 g/mol. The molecule has 4 aromatic rings. The molecule has 0 unspecified atom stereocenters. The lowest BCUT2D eigenvalue weighted by Gasteiger charge is -2.31. The zero-order chi connectivity index (χ0) is 24.6. The van der Waals surface area contributed by atoms with Crippen molar-refractivity contribution in [3.63, 3.8) is 0 Å². The van der Waals surface area contributed by atoms with E-state index in [9.17, 15) is 15.3 Å². The van der Waals surface area contributed by atoms with E-state index in [0.717, 1.165) is 44.9 Å². The van der Waals surface area contributed by atoms with Crippen LogP contribution in [-0.2, 0) is 0 Å². The van der Waals surface area contributed by atoms with Crippen molar-refractivity contribution < 1.29 is 20.1 Å². The topological polar surface area (TPSA) is 73.2 Å². The van der Waals surface area contributed by atoms with Gasteiger partial charge in [0.15, 0.2) is 11.5 Å². The van der Waals surface area contributed by atoms with Crippen LogP contribution in [-0.4, -0.2) is 15.3 Å². The maximum Gasteiger partial charge on any atom is 0.169 e. The molecular formula is C29H29NO4. The van der Waals surface area contributed by atoms with Crippen LogP contribution in [0.25, 0.3) is 0 Å². The first kappa shape index (κ1) is 23.1. The smallest absolute Gasteiger partial charge is 0.169 e. The fourth-order valence-corrected chi connectivity index (χ4v) is 4.21. The van der Waals surface area contributed by atoms with Gasteiger partial charge in [-0.2, -0.15) is 0 Å². The summed E-state index contributed by atoms with van der Waals surface area (Å²) in [5.41, 5.74) is 6.95. The minimum atomic E-state index is 0.0859. The summed E-state index contributed by atoms with van der Waals surface area (Å²) in [5, 5.41) is 31.2. The number of rotatable bonds is 5. The Morgan fingerprint density at radius 2 is 1.12 bits per heavy atom. The fraction of sp³-hybridized carbons (Fsp3) is 0.172. The molecule has 0 aliphatic carbocycles. The number of hydrogen-bond donors (Lipinski definition) is 3. The molecule has 0 saturated heterocycles. The van der Waals surface area contributed by atoms with Crippen LogP contribution in [0.1, 0.15) is 27.8 Å². The van der Waals surface area contributed by atoms with E-state index in [-0.39, 0.29) is 17.2 Å². The van der Waals surface area contributed by atoms with Crippen molar-refractivity contribution in [2.45, 2.75) is 34.6 Å². The molecule has 0 atom stereocenters. The highest BCUT2D eigenvalue weighted by molar-refractivity contribution is 5.85. The Balaban J connectivity index is 1.84. The number of ether oxygens (including phenoxy) is 1. The van der Waals surface area contributed by atoms with Crippen LogP contribution in [0.2, 0.25) is 0 Å². The summed E-state index contributed by atoms with van der Waals surface area (Å²) in [6.07, 6.45) is 0. The standard InChI is InChI=1S/C29H29NO4/c1-17-6-15-27(26(33)16-17)34-23-11-9-22(10-12-23)30(28-18(2)7-13-24(31)20(28)4)29-19(3)8-14-25(32)21(29)5/h6-16,31-33H,1-5H3. The van der Waals surface area contributed by atoms with Crippen molar-refractivity contribution in [1.29, 1.82) is 0 Å². The fourth-order valence-electron chi connectivity index (χ4n) is 4.21. The van der Waals surface area contributed by atoms with Gasteiger partial charge in [-0.25, -0.2) is 0 Å². The lowest BCUT2D eigenvalue weighted by Crippen LogP contribution is -2.15. The lowest BCUT2D eigenvalue weighted by atomic mass is 10.0. The molecule has 0 amide bonds. The third kappa shape index (κ3) is 4.25. The molecule has 0 bridgehead atoms. The Bertz CT molecular complexity index is 1300. The SMILES string of the molecule is Cc1ccc(Oc2ccc(N(c3c(C)ccc(O)c3C)c3c(C)ccc(O)c3C)cc2)c(O)c1. The van der Waals surface area contributed by atoms with Crippen LogP contribution in [0.4, 0.5) is 17.1 Å². The number of phenols is 3. The molecule has 0 radical (unpaired) electrons. The van der Waals surface area contributed by atoms with Crippen LogP contribution in [0.15, 0.2) is 66.7 Å². The van der Waals surface area contributed by atoms with Crippen molar-refractivity contribution in [3.8, 4) is 28.7 Å².